The number of hydrogen-bond donors (Lipinski definition) is 1. The van der Waals surface area contributed by atoms with E-state index < -0.39 is 0 Å². The molecule has 0 radical (unpaired) electrons. The molecule has 0 fully saturated rings. The molecule has 1 aliphatic heterocycles. The number of benzene rings is 3. The van der Waals surface area contributed by atoms with Gasteiger partial charge in [-0.2, -0.15) is 0 Å². The summed E-state index contributed by atoms with van der Waals surface area (Å²) in [4.78, 5) is 28.3. The van der Waals surface area contributed by atoms with E-state index in [9.17, 15) is 9.59 Å². The molecular formula is C26H24N2O3S. The van der Waals surface area contributed by atoms with Gasteiger partial charge in [0, 0.05) is 52.4 Å². The van der Waals surface area contributed by atoms with Gasteiger partial charge in [0.25, 0.3) is 0 Å². The van der Waals surface area contributed by atoms with Crippen LogP contribution in [0.3, 0.4) is 0 Å². The molecule has 0 spiro atoms. The van der Waals surface area contributed by atoms with Crippen molar-refractivity contribution in [1.82, 2.24) is 0 Å². The molecule has 0 aromatic heterocycles. The van der Waals surface area contributed by atoms with Crippen molar-refractivity contribution in [3.63, 3.8) is 0 Å². The number of carbonyl (C=O) groups excluding carboxylic acids is 2. The van der Waals surface area contributed by atoms with Crippen LogP contribution in [0.4, 0.5) is 10.5 Å². The van der Waals surface area contributed by atoms with E-state index in [1.807, 2.05) is 56.3 Å². The van der Waals surface area contributed by atoms with Crippen molar-refractivity contribution in [2.24, 2.45) is 10.9 Å². The van der Waals surface area contributed by atoms with E-state index >= 15 is 0 Å². The molecular weight excluding hydrogens is 420 g/mol. The fourth-order valence-electron chi connectivity index (χ4n) is 3.66. The Morgan fingerprint density at radius 3 is 2.59 bits per heavy atom. The van der Waals surface area contributed by atoms with Crippen LogP contribution in [0.2, 0.25) is 0 Å². The van der Waals surface area contributed by atoms with Gasteiger partial charge in [-0.25, -0.2) is 4.99 Å². The van der Waals surface area contributed by atoms with Gasteiger partial charge in [-0.15, -0.1) is 0 Å². The first-order valence-electron chi connectivity index (χ1n) is 10.5. The Morgan fingerprint density at radius 2 is 1.84 bits per heavy atom. The Morgan fingerprint density at radius 1 is 1.06 bits per heavy atom. The lowest BCUT2D eigenvalue weighted by Crippen LogP contribution is -2.13. The van der Waals surface area contributed by atoms with Crippen LogP contribution >= 0.6 is 11.8 Å². The van der Waals surface area contributed by atoms with Crippen LogP contribution in [0.25, 0.3) is 33.4 Å². The largest absolute Gasteiger partial charge is 0.456 e. The lowest BCUT2D eigenvalue weighted by atomic mass is 9.94. The number of anilines is 1. The van der Waals surface area contributed by atoms with E-state index in [-0.39, 0.29) is 16.9 Å². The average molecular weight is 445 g/mol. The molecule has 1 aliphatic carbocycles. The molecule has 0 saturated heterocycles. The number of carbonyl (C=O) groups is 2. The Bertz CT molecular complexity index is 1330. The maximum atomic E-state index is 12.3. The van der Waals surface area contributed by atoms with Crippen molar-refractivity contribution in [3.05, 3.63) is 72.1 Å². The van der Waals surface area contributed by atoms with Gasteiger partial charge in [0.2, 0.25) is 0 Å². The number of nitrogens with two attached hydrogens (primary N) is 1. The first kappa shape index (κ1) is 21.8. The van der Waals surface area contributed by atoms with E-state index in [4.69, 9.17) is 10.2 Å². The number of rotatable bonds is 5. The molecule has 2 N–H and O–H groups in total. The summed E-state index contributed by atoms with van der Waals surface area (Å²) in [5.74, 6) is 1.03. The number of amides is 1. The van der Waals surface area contributed by atoms with E-state index in [0.29, 0.717) is 34.6 Å². The molecule has 1 unspecified atom stereocenters. The van der Waals surface area contributed by atoms with E-state index in [0.717, 1.165) is 33.8 Å². The van der Waals surface area contributed by atoms with Crippen LogP contribution in [-0.4, -0.2) is 16.8 Å². The van der Waals surface area contributed by atoms with Gasteiger partial charge in [0.1, 0.15) is 17.1 Å². The highest BCUT2D eigenvalue weighted by molar-refractivity contribution is 8.13. The van der Waals surface area contributed by atoms with Crippen molar-refractivity contribution in [2.75, 3.05) is 11.5 Å². The van der Waals surface area contributed by atoms with Gasteiger partial charge in [-0.3, -0.25) is 9.59 Å². The Labute approximate surface area is 190 Å². The summed E-state index contributed by atoms with van der Waals surface area (Å²) in [6, 6.07) is 21.2. The molecule has 5 nitrogen and oxygen atoms in total. The SMILES string of the molecule is CCC(=O)C(C)CSC(=O)N=c1ccc2c(-c3ccccc3)c3ccc(N)cc3oc-2c1. The molecule has 162 valence electrons. The zero-order valence-corrected chi connectivity index (χ0v) is 18.8. The van der Waals surface area contributed by atoms with Crippen molar-refractivity contribution >= 4 is 39.4 Å². The van der Waals surface area contributed by atoms with Crippen LogP contribution in [-0.2, 0) is 4.79 Å². The average Bonchev–Trinajstić information content (AvgIpc) is 2.80. The quantitative estimate of drug-likeness (QED) is 0.294. The summed E-state index contributed by atoms with van der Waals surface area (Å²) in [5, 5.41) is 1.15. The fraction of sp³-hybridized carbons (Fsp3) is 0.192. The highest BCUT2D eigenvalue weighted by Crippen LogP contribution is 2.40. The Hall–Kier alpha value is -3.38. The number of ketones is 1. The van der Waals surface area contributed by atoms with Crippen LogP contribution in [0, 0.1) is 5.92 Å². The van der Waals surface area contributed by atoms with Gasteiger partial charge in [0.15, 0.2) is 0 Å². The summed E-state index contributed by atoms with van der Waals surface area (Å²) in [5.41, 5.74) is 10.3. The number of thioether (sulfide) groups is 1. The summed E-state index contributed by atoms with van der Waals surface area (Å²) in [6.07, 6.45) is 0.474. The minimum atomic E-state index is -0.326. The summed E-state index contributed by atoms with van der Waals surface area (Å²) < 4.78 is 6.15. The molecule has 1 amide bonds. The van der Waals surface area contributed by atoms with Crippen molar-refractivity contribution < 1.29 is 14.0 Å². The normalized spacial score (nSPS) is 12.9. The maximum absolute atomic E-state index is 12.3. The van der Waals surface area contributed by atoms with Gasteiger partial charge in [-0.05, 0) is 29.8 Å². The van der Waals surface area contributed by atoms with E-state index in [1.165, 1.54) is 0 Å². The van der Waals surface area contributed by atoms with Crippen LogP contribution < -0.4 is 11.1 Å². The number of nitrogen functional groups attached to an aromatic ring is 1. The van der Waals surface area contributed by atoms with Crippen LogP contribution in [0.1, 0.15) is 20.3 Å². The monoisotopic (exact) mass is 444 g/mol. The first-order chi connectivity index (χ1) is 15.5. The smallest absolute Gasteiger partial charge is 0.305 e. The third-order valence-corrected chi connectivity index (χ3v) is 6.37. The Kier molecular flexibility index (Phi) is 6.42. The summed E-state index contributed by atoms with van der Waals surface area (Å²) >= 11 is 1.06. The summed E-state index contributed by atoms with van der Waals surface area (Å²) in [7, 11) is 0. The van der Waals surface area contributed by atoms with Crippen molar-refractivity contribution in [1.29, 1.82) is 0 Å². The lowest BCUT2D eigenvalue weighted by molar-refractivity contribution is -0.121. The zero-order chi connectivity index (χ0) is 22.7. The van der Waals surface area contributed by atoms with E-state index in [2.05, 4.69) is 17.1 Å². The Balaban J connectivity index is 1.77. The molecule has 4 rings (SSSR count). The minimum Gasteiger partial charge on any atom is -0.456 e. The second kappa shape index (κ2) is 9.40. The van der Waals surface area contributed by atoms with Crippen molar-refractivity contribution in [3.8, 4) is 22.5 Å². The molecule has 0 bridgehead atoms. The van der Waals surface area contributed by atoms with Gasteiger partial charge in [0.05, 0.1) is 5.36 Å². The summed E-state index contributed by atoms with van der Waals surface area (Å²) in [6.45, 7) is 3.66. The highest BCUT2D eigenvalue weighted by Gasteiger charge is 2.17. The topological polar surface area (TPSA) is 85.7 Å². The molecule has 1 heterocycles. The van der Waals surface area contributed by atoms with Gasteiger partial charge < -0.3 is 10.2 Å². The van der Waals surface area contributed by atoms with E-state index in [1.54, 1.807) is 12.1 Å². The number of Topliss-reactive ketones (excluding diaryl/α,β-unsaturated/α-hetero) is 1. The third-order valence-electron chi connectivity index (χ3n) is 5.37. The zero-order valence-electron chi connectivity index (χ0n) is 18.0. The number of hydrogen-bond acceptors (Lipinski definition) is 5. The number of fused-ring (bicyclic) bond motifs is 2. The van der Waals surface area contributed by atoms with Gasteiger partial charge >= 0.3 is 5.24 Å². The third kappa shape index (κ3) is 4.60. The van der Waals surface area contributed by atoms with Crippen LogP contribution in [0.15, 0.2) is 76.1 Å². The predicted molar refractivity (Wildman–Crippen MR) is 131 cm³/mol. The van der Waals surface area contributed by atoms with Crippen LogP contribution in [0.5, 0.6) is 0 Å². The molecule has 2 aromatic rings. The first-order valence-corrected chi connectivity index (χ1v) is 11.5. The minimum absolute atomic E-state index is 0.148. The second-order valence-corrected chi connectivity index (χ2v) is 8.66. The maximum Gasteiger partial charge on any atom is 0.305 e. The number of nitrogens with zero attached hydrogens (tertiary/aromatic N) is 1. The molecule has 0 saturated carbocycles. The lowest BCUT2D eigenvalue weighted by Gasteiger charge is -2.15. The highest BCUT2D eigenvalue weighted by atomic mass is 32.2. The fourth-order valence-corrected chi connectivity index (χ4v) is 4.40. The molecule has 2 aromatic carbocycles. The standard InChI is InChI=1S/C26H24N2O3S/c1-3-22(29)16(2)15-32-26(30)28-19-10-12-21-24(14-19)31-23-13-18(27)9-11-20(23)25(21)17-7-5-4-6-8-17/h4-14,16H,3,15,27H2,1-2H3. The van der Waals surface area contributed by atoms with Gasteiger partial charge in [-0.1, -0.05) is 55.9 Å². The predicted octanol–water partition coefficient (Wildman–Crippen LogP) is 6.16. The molecule has 32 heavy (non-hydrogen) atoms. The molecule has 1 atom stereocenters. The second-order valence-electron chi connectivity index (χ2n) is 7.69. The van der Waals surface area contributed by atoms with Crippen molar-refractivity contribution in [2.45, 2.75) is 20.3 Å². The molecule has 2 aliphatic rings. The molecule has 6 heteroatoms.